The van der Waals surface area contributed by atoms with Crippen LogP contribution in [0.5, 0.6) is 0 Å². The van der Waals surface area contributed by atoms with Gasteiger partial charge in [0.2, 0.25) is 5.91 Å². The zero-order valence-corrected chi connectivity index (χ0v) is 10.4. The lowest BCUT2D eigenvalue weighted by Gasteiger charge is -2.07. The topological polar surface area (TPSA) is 80.5 Å². The Bertz CT molecular complexity index is 562. The number of nitroso groups, excluding NO2 is 1. The number of amides is 1. The average Bonchev–Trinajstić information content (AvgIpc) is 3.05. The van der Waals surface area contributed by atoms with Crippen LogP contribution in [0, 0.1) is 4.91 Å². The molecule has 0 saturated carbocycles. The maximum absolute atomic E-state index is 13.3. The number of nitrogens with zero attached hydrogens (tertiary/aromatic N) is 2. The third-order valence-electron chi connectivity index (χ3n) is 2.71. The highest BCUT2D eigenvalue weighted by molar-refractivity contribution is 8.35. The van der Waals surface area contributed by atoms with E-state index in [9.17, 15) is 18.4 Å². The van der Waals surface area contributed by atoms with Crippen LogP contribution in [0.4, 0.5) is 9.57 Å². The van der Waals surface area contributed by atoms with E-state index in [2.05, 4.69) is 9.90 Å². The fourth-order valence-corrected chi connectivity index (χ4v) is 2.96. The molecule has 1 aromatic heterocycles. The molecule has 0 aliphatic carbocycles. The van der Waals surface area contributed by atoms with Gasteiger partial charge in [-0.3, -0.25) is 9.59 Å². The Kier molecular flexibility index (Phi) is 3.20. The van der Waals surface area contributed by atoms with Gasteiger partial charge in [-0.1, -0.05) is 0 Å². The molecule has 1 aromatic rings. The van der Waals surface area contributed by atoms with Gasteiger partial charge in [-0.15, -0.1) is 4.91 Å². The van der Waals surface area contributed by atoms with E-state index in [4.69, 9.17) is 0 Å². The predicted molar refractivity (Wildman–Crippen MR) is 68.2 cm³/mol. The minimum absolute atomic E-state index is 0.101. The van der Waals surface area contributed by atoms with Gasteiger partial charge in [0, 0.05) is 23.4 Å². The van der Waals surface area contributed by atoms with Crippen molar-refractivity contribution < 1.29 is 8.68 Å². The molecule has 2 unspecified atom stereocenters. The molecule has 1 N–H and O–H groups in total. The van der Waals surface area contributed by atoms with Crippen LogP contribution in [-0.4, -0.2) is 21.5 Å². The number of carbonyl (C=O) groups is 1. The molecule has 1 saturated heterocycles. The number of aromatic nitrogens is 1. The maximum atomic E-state index is 13.3. The summed E-state index contributed by atoms with van der Waals surface area (Å²) in [6, 6.07) is 2.76. The summed E-state index contributed by atoms with van der Waals surface area (Å²) in [5, 5.41) is 1.53. The first-order valence-corrected chi connectivity index (χ1v) is 7.08. The minimum Gasteiger partial charge on any atom is -0.324 e. The van der Waals surface area contributed by atoms with Crippen LogP contribution in [0.1, 0.15) is 6.92 Å². The molecule has 1 aliphatic rings. The van der Waals surface area contributed by atoms with Crippen molar-refractivity contribution in [2.45, 2.75) is 18.7 Å². The minimum atomic E-state index is -3.11. The Morgan fingerprint density at radius 3 is 2.94 bits per heavy atom. The molecule has 18 heavy (non-hydrogen) atoms. The molecule has 6 nitrogen and oxygen atoms in total. The van der Waals surface area contributed by atoms with Crippen LogP contribution in [-0.2, 0) is 11.3 Å². The van der Waals surface area contributed by atoms with E-state index >= 15 is 0 Å². The Labute approximate surface area is 104 Å². The third kappa shape index (κ3) is 2.28. The van der Waals surface area contributed by atoms with E-state index in [0.717, 1.165) is 0 Å². The van der Waals surface area contributed by atoms with E-state index in [0.29, 0.717) is 12.2 Å². The fraction of sp³-hybridized carbons (Fsp3) is 0.400. The Morgan fingerprint density at radius 2 is 2.39 bits per heavy atom. The smallest absolute Gasteiger partial charge is 0.250 e. The molecule has 1 fully saturated rings. The lowest BCUT2D eigenvalue weighted by atomic mass is 10.3. The van der Waals surface area contributed by atoms with Gasteiger partial charge in [0.15, 0.2) is 0 Å². The standard InChI is InChI=1S/C10H12FN3O3S/c1-2-14-5-7(3-4-9(14)15)12-10(16)8-6-18(8,11)13-17/h3-5,8H,2,6H2,1H3,(H,12,16). The van der Waals surface area contributed by atoms with Gasteiger partial charge in [0.05, 0.1) is 22.0 Å². The van der Waals surface area contributed by atoms with Gasteiger partial charge >= 0.3 is 0 Å². The molecular weight excluding hydrogens is 261 g/mol. The van der Waals surface area contributed by atoms with Crippen LogP contribution in [0.3, 0.4) is 0 Å². The first-order valence-electron chi connectivity index (χ1n) is 5.35. The highest BCUT2D eigenvalue weighted by Gasteiger charge is 2.57. The van der Waals surface area contributed by atoms with Crippen LogP contribution >= 0.6 is 10.6 Å². The zero-order chi connectivity index (χ0) is 13.3. The second kappa shape index (κ2) is 4.52. The predicted octanol–water partition coefficient (Wildman–Crippen LogP) is 1.56. The van der Waals surface area contributed by atoms with Crippen molar-refractivity contribution in [1.29, 1.82) is 0 Å². The van der Waals surface area contributed by atoms with Crippen molar-refractivity contribution in [3.63, 3.8) is 0 Å². The summed E-state index contributed by atoms with van der Waals surface area (Å²) >= 11 is 0. The second-order valence-corrected chi connectivity index (χ2v) is 6.32. The van der Waals surface area contributed by atoms with Crippen LogP contribution in [0.15, 0.2) is 27.7 Å². The molecule has 0 aromatic carbocycles. The van der Waals surface area contributed by atoms with Gasteiger partial charge in [0.1, 0.15) is 5.25 Å². The number of halogens is 1. The Hall–Kier alpha value is -1.70. The summed E-state index contributed by atoms with van der Waals surface area (Å²) in [5.41, 5.74) is 0.225. The molecule has 0 bridgehead atoms. The highest BCUT2D eigenvalue weighted by atomic mass is 32.3. The number of carbonyl (C=O) groups excluding carboxylic acids is 1. The summed E-state index contributed by atoms with van der Waals surface area (Å²) in [6.45, 7) is 2.26. The molecule has 0 radical (unpaired) electrons. The largest absolute Gasteiger partial charge is 0.324 e. The summed E-state index contributed by atoms with van der Waals surface area (Å²) < 4.78 is 17.1. The fourth-order valence-electron chi connectivity index (χ4n) is 1.57. The molecule has 2 atom stereocenters. The van der Waals surface area contributed by atoms with Crippen LogP contribution < -0.4 is 10.9 Å². The molecular formula is C10H12FN3O3S. The van der Waals surface area contributed by atoms with Crippen molar-refractivity contribution in [3.05, 3.63) is 33.6 Å². The average molecular weight is 273 g/mol. The van der Waals surface area contributed by atoms with E-state index in [1.165, 1.54) is 22.9 Å². The molecule has 1 aliphatic heterocycles. The van der Waals surface area contributed by atoms with Crippen LogP contribution in [0.2, 0.25) is 0 Å². The maximum Gasteiger partial charge on any atom is 0.250 e. The second-order valence-electron chi connectivity index (χ2n) is 3.93. The summed E-state index contributed by atoms with van der Waals surface area (Å²) in [7, 11) is -3.11. The van der Waals surface area contributed by atoms with Gasteiger partial charge in [0.25, 0.3) is 5.56 Å². The summed E-state index contributed by atoms with van der Waals surface area (Å²) in [5.74, 6) is -0.663. The SMILES string of the molecule is CCn1cc(NC(=O)C2CS2(F)N=O)ccc1=O. The molecule has 98 valence electrons. The van der Waals surface area contributed by atoms with E-state index in [1.807, 2.05) is 0 Å². The highest BCUT2D eigenvalue weighted by Crippen LogP contribution is 2.70. The van der Waals surface area contributed by atoms with Crippen molar-refractivity contribution in [3.8, 4) is 0 Å². The molecule has 1 amide bonds. The number of nitrogens with one attached hydrogen (secondary N) is 1. The van der Waals surface area contributed by atoms with Gasteiger partial charge in [-0.25, -0.2) is 0 Å². The van der Waals surface area contributed by atoms with Crippen molar-refractivity contribution >= 4 is 22.2 Å². The van der Waals surface area contributed by atoms with Crippen molar-refractivity contribution in [2.24, 2.45) is 4.58 Å². The lowest BCUT2D eigenvalue weighted by molar-refractivity contribution is -0.115. The van der Waals surface area contributed by atoms with Crippen LogP contribution in [0.25, 0.3) is 0 Å². The number of aryl methyl sites for hydroxylation is 1. The van der Waals surface area contributed by atoms with Crippen molar-refractivity contribution in [1.82, 2.24) is 4.57 Å². The lowest BCUT2D eigenvalue weighted by Crippen LogP contribution is -2.22. The van der Waals surface area contributed by atoms with E-state index in [-0.39, 0.29) is 11.3 Å². The normalized spacial score (nSPS) is 29.1. The zero-order valence-electron chi connectivity index (χ0n) is 9.63. The molecule has 0 spiro atoms. The van der Waals surface area contributed by atoms with E-state index in [1.54, 1.807) is 6.92 Å². The number of hydrogen-bond acceptors (Lipinski definition) is 4. The van der Waals surface area contributed by atoms with Gasteiger partial charge in [-0.2, -0.15) is 3.89 Å². The first-order chi connectivity index (χ1) is 8.50. The Balaban J connectivity index is 2.09. The number of pyridine rings is 1. The monoisotopic (exact) mass is 273 g/mol. The number of anilines is 1. The van der Waals surface area contributed by atoms with E-state index < -0.39 is 21.8 Å². The molecule has 2 rings (SSSR count). The number of rotatable bonds is 4. The van der Waals surface area contributed by atoms with Crippen molar-refractivity contribution in [2.75, 3.05) is 11.1 Å². The Morgan fingerprint density at radius 1 is 1.67 bits per heavy atom. The first kappa shape index (κ1) is 12.7. The van der Waals surface area contributed by atoms with Gasteiger partial charge < -0.3 is 9.88 Å². The molecule has 8 heteroatoms. The summed E-state index contributed by atoms with van der Waals surface area (Å²) in [6.07, 6.45) is 1.48. The third-order valence-corrected chi connectivity index (χ3v) is 4.59. The number of hydrogen-bond donors (Lipinski definition) is 1. The quantitative estimate of drug-likeness (QED) is 0.667. The molecule has 2 heterocycles. The van der Waals surface area contributed by atoms with Gasteiger partial charge in [-0.05, 0) is 13.0 Å². The summed E-state index contributed by atoms with van der Waals surface area (Å²) in [4.78, 5) is 33.1.